The summed E-state index contributed by atoms with van der Waals surface area (Å²) < 4.78 is 0. The van der Waals surface area contributed by atoms with Gasteiger partial charge in [-0.1, -0.05) is 23.2 Å². The Morgan fingerprint density at radius 2 is 2.11 bits per heavy atom. The third kappa shape index (κ3) is 3.83. The number of hydrogen-bond acceptors (Lipinski definition) is 4. The van der Waals surface area contributed by atoms with Crippen LogP contribution in [-0.4, -0.2) is 22.8 Å². The zero-order chi connectivity index (χ0) is 13.9. The number of primary amides is 1. The molecule has 0 aliphatic rings. The van der Waals surface area contributed by atoms with Crippen LogP contribution in [0.4, 0.5) is 5.69 Å². The summed E-state index contributed by atoms with van der Waals surface area (Å²) >= 11 is 11.5. The van der Waals surface area contributed by atoms with Crippen LogP contribution in [0.15, 0.2) is 6.07 Å². The van der Waals surface area contributed by atoms with Crippen molar-refractivity contribution in [2.24, 2.45) is 11.5 Å². The number of nitrogens with zero attached hydrogens (tertiary/aromatic N) is 1. The number of hydrogen-bond donors (Lipinski definition) is 3. The number of nitrogens with one attached hydrogen (secondary N) is 1. The van der Waals surface area contributed by atoms with Crippen molar-refractivity contribution in [2.45, 2.75) is 19.4 Å². The smallest absolute Gasteiger partial charge is 0.241 e. The Bertz CT molecular complexity index is 470. The van der Waals surface area contributed by atoms with Gasteiger partial charge in [-0.2, -0.15) is 0 Å². The minimum absolute atomic E-state index is 0.0552. The van der Waals surface area contributed by atoms with E-state index in [9.17, 15) is 9.59 Å². The number of nitrogens with two attached hydrogens (primary N) is 2. The van der Waals surface area contributed by atoms with Gasteiger partial charge in [-0.25, -0.2) is 4.98 Å². The molecule has 5 N–H and O–H groups in total. The van der Waals surface area contributed by atoms with Crippen LogP contribution >= 0.6 is 23.2 Å². The molecule has 0 spiro atoms. The van der Waals surface area contributed by atoms with Gasteiger partial charge in [0.15, 0.2) is 5.15 Å². The first kappa shape index (κ1) is 14.7. The number of anilines is 1. The molecular formula is C10H12Cl2N4O2. The van der Waals surface area contributed by atoms with Gasteiger partial charge in [0.05, 0.1) is 18.2 Å². The van der Waals surface area contributed by atoms with E-state index in [4.69, 9.17) is 34.7 Å². The van der Waals surface area contributed by atoms with Crippen LogP contribution in [-0.2, 0) is 9.59 Å². The zero-order valence-electron chi connectivity index (χ0n) is 9.54. The van der Waals surface area contributed by atoms with Crippen molar-refractivity contribution < 1.29 is 9.59 Å². The van der Waals surface area contributed by atoms with Crippen molar-refractivity contribution in [1.82, 2.24) is 4.98 Å². The van der Waals surface area contributed by atoms with E-state index in [1.807, 2.05) is 0 Å². The van der Waals surface area contributed by atoms with Crippen LogP contribution in [0.5, 0.6) is 0 Å². The summed E-state index contributed by atoms with van der Waals surface area (Å²) in [7, 11) is 0. The standard InChI is InChI=1S/C10H12Cl2N4O2/c1-4-2-6(11)15-9(12)8(4)16-10(18)5(13)3-7(14)17/h2,5H,3,13H2,1H3,(H2,14,17)(H,16,18). The molecule has 1 unspecified atom stereocenters. The van der Waals surface area contributed by atoms with Gasteiger partial charge in [0.25, 0.3) is 0 Å². The number of carbonyl (C=O) groups excluding carboxylic acids is 2. The van der Waals surface area contributed by atoms with Crippen LogP contribution in [0, 0.1) is 6.92 Å². The fourth-order valence-electron chi connectivity index (χ4n) is 1.27. The average molecular weight is 291 g/mol. The Labute approximate surface area is 114 Å². The predicted molar refractivity (Wildman–Crippen MR) is 69.4 cm³/mol. The van der Waals surface area contributed by atoms with Gasteiger partial charge < -0.3 is 16.8 Å². The molecule has 0 saturated heterocycles. The fourth-order valence-corrected chi connectivity index (χ4v) is 1.85. The summed E-state index contributed by atoms with van der Waals surface area (Å²) in [4.78, 5) is 26.1. The highest BCUT2D eigenvalue weighted by atomic mass is 35.5. The lowest BCUT2D eigenvalue weighted by atomic mass is 10.2. The molecule has 0 aromatic carbocycles. The minimum atomic E-state index is -1.03. The van der Waals surface area contributed by atoms with Crippen LogP contribution in [0.3, 0.4) is 0 Å². The number of halogens is 2. The Morgan fingerprint density at radius 3 is 2.61 bits per heavy atom. The number of rotatable bonds is 4. The summed E-state index contributed by atoms with van der Waals surface area (Å²) in [5.74, 6) is -1.22. The summed E-state index contributed by atoms with van der Waals surface area (Å²) in [6.45, 7) is 1.70. The summed E-state index contributed by atoms with van der Waals surface area (Å²) in [6.07, 6.45) is -0.247. The molecule has 1 heterocycles. The Balaban J connectivity index is 2.85. The molecule has 0 aliphatic heterocycles. The minimum Gasteiger partial charge on any atom is -0.370 e. The lowest BCUT2D eigenvalue weighted by molar-refractivity contribution is -0.123. The van der Waals surface area contributed by atoms with E-state index in [1.54, 1.807) is 13.0 Å². The molecule has 18 heavy (non-hydrogen) atoms. The quantitative estimate of drug-likeness (QED) is 0.713. The second kappa shape index (κ2) is 5.99. The molecule has 8 heteroatoms. The fraction of sp³-hybridized carbons (Fsp3) is 0.300. The van der Waals surface area contributed by atoms with E-state index in [-0.39, 0.29) is 16.7 Å². The van der Waals surface area contributed by atoms with Crippen molar-refractivity contribution in [2.75, 3.05) is 5.32 Å². The largest absolute Gasteiger partial charge is 0.370 e. The molecule has 2 amide bonds. The third-order valence-electron chi connectivity index (χ3n) is 2.15. The molecular weight excluding hydrogens is 279 g/mol. The van der Waals surface area contributed by atoms with E-state index in [0.717, 1.165) is 0 Å². The highest BCUT2D eigenvalue weighted by Gasteiger charge is 2.18. The predicted octanol–water partition coefficient (Wildman–Crippen LogP) is 0.838. The Kier molecular flexibility index (Phi) is 4.89. The van der Waals surface area contributed by atoms with Crippen LogP contribution in [0.2, 0.25) is 10.3 Å². The topological polar surface area (TPSA) is 111 Å². The monoisotopic (exact) mass is 290 g/mol. The van der Waals surface area contributed by atoms with Crippen molar-refractivity contribution in [3.8, 4) is 0 Å². The van der Waals surface area contributed by atoms with Gasteiger partial charge in [0.2, 0.25) is 11.8 Å². The molecule has 0 fully saturated rings. The third-order valence-corrected chi connectivity index (χ3v) is 2.61. The van der Waals surface area contributed by atoms with Crippen molar-refractivity contribution >= 4 is 40.7 Å². The zero-order valence-corrected chi connectivity index (χ0v) is 11.0. The van der Waals surface area contributed by atoms with Gasteiger partial charge in [0, 0.05) is 0 Å². The Morgan fingerprint density at radius 1 is 1.50 bits per heavy atom. The highest BCUT2D eigenvalue weighted by molar-refractivity contribution is 6.34. The van der Waals surface area contributed by atoms with Gasteiger partial charge in [-0.15, -0.1) is 0 Å². The van der Waals surface area contributed by atoms with Gasteiger partial charge in [-0.05, 0) is 18.6 Å². The number of aryl methyl sites for hydroxylation is 1. The van der Waals surface area contributed by atoms with Gasteiger partial charge >= 0.3 is 0 Å². The van der Waals surface area contributed by atoms with Crippen molar-refractivity contribution in [3.63, 3.8) is 0 Å². The number of amides is 2. The number of aromatic nitrogens is 1. The first-order valence-corrected chi connectivity index (χ1v) is 5.74. The summed E-state index contributed by atoms with van der Waals surface area (Å²) in [6, 6.07) is 0.511. The van der Waals surface area contributed by atoms with E-state index in [2.05, 4.69) is 10.3 Å². The van der Waals surface area contributed by atoms with E-state index < -0.39 is 17.9 Å². The van der Waals surface area contributed by atoms with Crippen molar-refractivity contribution in [3.05, 3.63) is 21.9 Å². The molecule has 0 radical (unpaired) electrons. The van der Waals surface area contributed by atoms with E-state index >= 15 is 0 Å². The van der Waals surface area contributed by atoms with Crippen LogP contribution in [0.1, 0.15) is 12.0 Å². The molecule has 1 rings (SSSR count). The molecule has 98 valence electrons. The number of pyridine rings is 1. The normalized spacial score (nSPS) is 12.0. The number of carbonyl (C=O) groups is 2. The maximum absolute atomic E-state index is 11.7. The average Bonchev–Trinajstić information content (AvgIpc) is 2.21. The molecule has 1 aromatic heterocycles. The highest BCUT2D eigenvalue weighted by Crippen LogP contribution is 2.26. The SMILES string of the molecule is Cc1cc(Cl)nc(Cl)c1NC(=O)C(N)CC(N)=O. The molecule has 1 atom stereocenters. The Hall–Kier alpha value is -1.37. The molecule has 0 bridgehead atoms. The summed E-state index contributed by atoms with van der Waals surface area (Å²) in [5, 5.41) is 2.76. The lowest BCUT2D eigenvalue weighted by Crippen LogP contribution is -2.39. The van der Waals surface area contributed by atoms with Gasteiger partial charge in [-0.3, -0.25) is 9.59 Å². The second-order valence-electron chi connectivity index (χ2n) is 3.69. The summed E-state index contributed by atoms with van der Waals surface area (Å²) in [5.41, 5.74) is 11.4. The van der Waals surface area contributed by atoms with E-state index in [1.165, 1.54) is 0 Å². The second-order valence-corrected chi connectivity index (χ2v) is 4.44. The maximum Gasteiger partial charge on any atom is 0.241 e. The van der Waals surface area contributed by atoms with Crippen LogP contribution < -0.4 is 16.8 Å². The lowest BCUT2D eigenvalue weighted by Gasteiger charge is -2.13. The maximum atomic E-state index is 11.7. The first-order chi connectivity index (χ1) is 8.31. The van der Waals surface area contributed by atoms with Crippen molar-refractivity contribution in [1.29, 1.82) is 0 Å². The van der Waals surface area contributed by atoms with E-state index in [0.29, 0.717) is 11.3 Å². The first-order valence-electron chi connectivity index (χ1n) is 4.98. The molecule has 0 aliphatic carbocycles. The van der Waals surface area contributed by atoms with Crippen LogP contribution in [0.25, 0.3) is 0 Å². The van der Waals surface area contributed by atoms with Gasteiger partial charge in [0.1, 0.15) is 5.15 Å². The molecule has 1 aromatic rings. The molecule has 0 saturated carbocycles. The molecule has 6 nitrogen and oxygen atoms in total.